The summed E-state index contributed by atoms with van der Waals surface area (Å²) in [6.07, 6.45) is 0.987. The third kappa shape index (κ3) is 9.28. The molecule has 0 radical (unpaired) electrons. The number of para-hydroxylation sites is 1. The molecular weight excluding hydrogens is 657 g/mol. The highest BCUT2D eigenvalue weighted by Gasteiger charge is 2.34. The Balaban J connectivity index is 1.74. The summed E-state index contributed by atoms with van der Waals surface area (Å²) >= 11 is 12.6. The van der Waals surface area contributed by atoms with E-state index < -0.39 is 28.5 Å². The zero-order valence-electron chi connectivity index (χ0n) is 26.8. The molecular formula is C36H39Cl2N3O5S. The fourth-order valence-electron chi connectivity index (χ4n) is 4.87. The van der Waals surface area contributed by atoms with Crippen molar-refractivity contribution in [3.8, 4) is 11.5 Å². The number of hydrogen-bond donors (Lipinski definition) is 1. The van der Waals surface area contributed by atoms with Crippen molar-refractivity contribution in [1.82, 2.24) is 10.2 Å². The molecule has 47 heavy (non-hydrogen) atoms. The van der Waals surface area contributed by atoms with Gasteiger partial charge in [0.15, 0.2) is 0 Å². The first-order valence-corrected chi connectivity index (χ1v) is 17.6. The van der Waals surface area contributed by atoms with Crippen molar-refractivity contribution < 1.29 is 22.7 Å². The molecule has 8 nitrogen and oxygen atoms in total. The van der Waals surface area contributed by atoms with Crippen LogP contribution in [0, 0.1) is 6.92 Å². The summed E-state index contributed by atoms with van der Waals surface area (Å²) in [5.74, 6) is 0.196. The second-order valence-electron chi connectivity index (χ2n) is 11.2. The van der Waals surface area contributed by atoms with Gasteiger partial charge in [-0.15, -0.1) is 0 Å². The Kier molecular flexibility index (Phi) is 12.3. The van der Waals surface area contributed by atoms with E-state index in [1.54, 1.807) is 61.5 Å². The average molecular weight is 697 g/mol. The second-order valence-corrected chi connectivity index (χ2v) is 13.9. The van der Waals surface area contributed by atoms with Gasteiger partial charge in [0.2, 0.25) is 11.8 Å². The molecule has 2 amide bonds. The molecule has 0 aliphatic rings. The zero-order chi connectivity index (χ0) is 34.1. The Labute approximate surface area is 287 Å². The number of anilines is 1. The number of sulfonamides is 1. The van der Waals surface area contributed by atoms with E-state index in [1.165, 1.54) is 17.0 Å². The van der Waals surface area contributed by atoms with Crippen LogP contribution in [0.5, 0.6) is 11.5 Å². The molecule has 0 saturated carbocycles. The van der Waals surface area contributed by atoms with Crippen molar-refractivity contribution in [2.24, 2.45) is 0 Å². The van der Waals surface area contributed by atoms with Crippen molar-refractivity contribution >= 4 is 50.7 Å². The van der Waals surface area contributed by atoms with Crippen LogP contribution in [0.15, 0.2) is 102 Å². The first-order valence-electron chi connectivity index (χ1n) is 15.4. The van der Waals surface area contributed by atoms with Crippen LogP contribution >= 0.6 is 23.2 Å². The zero-order valence-corrected chi connectivity index (χ0v) is 29.1. The Morgan fingerprint density at radius 1 is 0.851 bits per heavy atom. The molecule has 11 heteroatoms. The number of nitrogens with zero attached hydrogens (tertiary/aromatic N) is 2. The van der Waals surface area contributed by atoms with E-state index in [-0.39, 0.29) is 35.5 Å². The van der Waals surface area contributed by atoms with E-state index in [9.17, 15) is 18.0 Å². The lowest BCUT2D eigenvalue weighted by atomic mass is 10.1. The highest BCUT2D eigenvalue weighted by atomic mass is 35.5. The molecule has 4 aromatic rings. The summed E-state index contributed by atoms with van der Waals surface area (Å²) < 4.78 is 35.4. The standard InChI is InChI=1S/C36H39Cl2N3O5S/c1-5-26(4)39-36(43)34(6-2)40(23-27-14-15-28(37)22-33(27)38)35(42)24-41(47(44,45)32-20-12-25(3)13-21-32)29-16-18-31(19-17-29)46-30-10-8-7-9-11-30/h7-22,26,34H,5-6,23-24H2,1-4H3,(H,39,43)/t26-,34+/m0/s1. The van der Waals surface area contributed by atoms with Gasteiger partial charge in [-0.25, -0.2) is 8.42 Å². The molecule has 248 valence electrons. The SMILES string of the molecule is CC[C@H](C(=O)N[C@@H](C)CC)N(Cc1ccc(Cl)cc1Cl)C(=O)CN(c1ccc(Oc2ccccc2)cc1)S(=O)(=O)c1ccc(C)cc1. The van der Waals surface area contributed by atoms with Crippen molar-refractivity contribution in [1.29, 1.82) is 0 Å². The molecule has 0 spiro atoms. The van der Waals surface area contributed by atoms with Crippen LogP contribution < -0.4 is 14.4 Å². The van der Waals surface area contributed by atoms with Crippen LogP contribution in [0.1, 0.15) is 44.7 Å². The fraction of sp³-hybridized carbons (Fsp3) is 0.278. The van der Waals surface area contributed by atoms with E-state index in [0.29, 0.717) is 33.5 Å². The van der Waals surface area contributed by atoms with Crippen LogP contribution in [0.3, 0.4) is 0 Å². The maximum Gasteiger partial charge on any atom is 0.264 e. The minimum Gasteiger partial charge on any atom is -0.457 e. The van der Waals surface area contributed by atoms with Gasteiger partial charge in [0.1, 0.15) is 24.1 Å². The van der Waals surface area contributed by atoms with Crippen LogP contribution in [-0.2, 0) is 26.2 Å². The summed E-state index contributed by atoms with van der Waals surface area (Å²) in [4.78, 5) is 29.3. The number of amides is 2. The van der Waals surface area contributed by atoms with Gasteiger partial charge in [0.05, 0.1) is 10.6 Å². The maximum absolute atomic E-state index is 14.4. The number of aryl methyl sites for hydroxylation is 1. The number of rotatable bonds is 14. The van der Waals surface area contributed by atoms with Gasteiger partial charge < -0.3 is 15.0 Å². The minimum atomic E-state index is -4.23. The van der Waals surface area contributed by atoms with Gasteiger partial charge >= 0.3 is 0 Å². The highest BCUT2D eigenvalue weighted by molar-refractivity contribution is 7.92. The molecule has 4 aromatic carbocycles. The Morgan fingerprint density at radius 3 is 2.09 bits per heavy atom. The summed E-state index contributed by atoms with van der Waals surface area (Å²) in [6.45, 7) is 6.88. The quantitative estimate of drug-likeness (QED) is 0.144. The topological polar surface area (TPSA) is 96.0 Å². The van der Waals surface area contributed by atoms with E-state index in [2.05, 4.69) is 5.32 Å². The first kappa shape index (κ1) is 35.8. The Hall–Kier alpha value is -4.05. The largest absolute Gasteiger partial charge is 0.457 e. The van der Waals surface area contributed by atoms with Crippen LogP contribution in [0.2, 0.25) is 10.0 Å². The van der Waals surface area contributed by atoms with Crippen LogP contribution in [-0.4, -0.2) is 43.8 Å². The second kappa shape index (κ2) is 16.2. The fourth-order valence-corrected chi connectivity index (χ4v) is 6.75. The van der Waals surface area contributed by atoms with Crippen LogP contribution in [0.4, 0.5) is 5.69 Å². The molecule has 0 heterocycles. The van der Waals surface area contributed by atoms with Gasteiger partial charge in [-0.3, -0.25) is 13.9 Å². The number of benzene rings is 4. The van der Waals surface area contributed by atoms with Crippen molar-refractivity contribution in [2.75, 3.05) is 10.8 Å². The first-order chi connectivity index (χ1) is 22.4. The van der Waals surface area contributed by atoms with Crippen molar-refractivity contribution in [2.45, 2.75) is 64.1 Å². The van der Waals surface area contributed by atoms with Crippen molar-refractivity contribution in [3.63, 3.8) is 0 Å². The lowest BCUT2D eigenvalue weighted by Crippen LogP contribution is -2.53. The normalized spacial score (nSPS) is 12.6. The molecule has 0 aliphatic heterocycles. The number of carbonyl (C=O) groups excluding carboxylic acids is 2. The third-order valence-electron chi connectivity index (χ3n) is 7.73. The smallest absolute Gasteiger partial charge is 0.264 e. The average Bonchev–Trinajstić information content (AvgIpc) is 3.05. The molecule has 0 bridgehead atoms. The number of ether oxygens (including phenoxy) is 1. The van der Waals surface area contributed by atoms with Crippen molar-refractivity contribution in [3.05, 3.63) is 118 Å². The highest BCUT2D eigenvalue weighted by Crippen LogP contribution is 2.30. The van der Waals surface area contributed by atoms with Gasteiger partial charge in [0.25, 0.3) is 10.0 Å². The van der Waals surface area contributed by atoms with Crippen LogP contribution in [0.25, 0.3) is 0 Å². The molecule has 1 N–H and O–H groups in total. The lowest BCUT2D eigenvalue weighted by Gasteiger charge is -2.34. The third-order valence-corrected chi connectivity index (χ3v) is 10.1. The number of halogens is 2. The van der Waals surface area contributed by atoms with E-state index in [0.717, 1.165) is 9.87 Å². The lowest BCUT2D eigenvalue weighted by molar-refractivity contribution is -0.140. The molecule has 2 atom stereocenters. The van der Waals surface area contributed by atoms with Gasteiger partial charge in [-0.05, 0) is 92.9 Å². The number of carbonyl (C=O) groups is 2. The predicted octanol–water partition coefficient (Wildman–Crippen LogP) is 8.01. The predicted molar refractivity (Wildman–Crippen MR) is 188 cm³/mol. The molecule has 0 aliphatic carbocycles. The maximum atomic E-state index is 14.4. The summed E-state index contributed by atoms with van der Waals surface area (Å²) in [7, 11) is -4.23. The molecule has 0 saturated heterocycles. The molecule has 0 unspecified atom stereocenters. The summed E-state index contributed by atoms with van der Waals surface area (Å²) in [6, 6.07) is 26.0. The van der Waals surface area contributed by atoms with Gasteiger partial charge in [0, 0.05) is 22.6 Å². The van der Waals surface area contributed by atoms with E-state index in [4.69, 9.17) is 27.9 Å². The van der Waals surface area contributed by atoms with Gasteiger partial charge in [-0.2, -0.15) is 0 Å². The monoisotopic (exact) mass is 695 g/mol. The molecule has 0 fully saturated rings. The number of nitrogens with one attached hydrogen (secondary N) is 1. The summed E-state index contributed by atoms with van der Waals surface area (Å²) in [5.41, 5.74) is 1.70. The van der Waals surface area contributed by atoms with E-state index >= 15 is 0 Å². The molecule has 4 rings (SSSR count). The van der Waals surface area contributed by atoms with Gasteiger partial charge in [-0.1, -0.05) is 79.0 Å². The number of hydrogen-bond acceptors (Lipinski definition) is 5. The summed E-state index contributed by atoms with van der Waals surface area (Å²) in [5, 5.41) is 3.71. The Morgan fingerprint density at radius 2 is 1.49 bits per heavy atom. The van der Waals surface area contributed by atoms with E-state index in [1.807, 2.05) is 51.1 Å². The molecule has 0 aromatic heterocycles. The Bertz CT molecular complexity index is 1770. The minimum absolute atomic E-state index is 0.0226.